The van der Waals surface area contributed by atoms with Crippen molar-refractivity contribution in [1.29, 1.82) is 5.26 Å². The Labute approximate surface area is 314 Å². The van der Waals surface area contributed by atoms with E-state index in [1.807, 2.05) is 78.9 Å². The van der Waals surface area contributed by atoms with E-state index in [0.717, 1.165) is 16.7 Å². The highest BCUT2D eigenvalue weighted by Crippen LogP contribution is 2.50. The normalized spacial score (nSPS) is 21.2. The molecule has 13 heteroatoms. The number of benzene rings is 3. The molecular weight excluding hydrogens is 695 g/mol. The Morgan fingerprint density at radius 3 is 2.02 bits per heavy atom. The van der Waals surface area contributed by atoms with Crippen molar-refractivity contribution in [2.24, 2.45) is 5.92 Å². The predicted octanol–water partition coefficient (Wildman–Crippen LogP) is 6.98. The number of nitriles is 1. The third-order valence-corrected chi connectivity index (χ3v) is 11.6. The fourth-order valence-electron chi connectivity index (χ4n) is 6.85. The molecule has 2 saturated heterocycles. The highest BCUT2D eigenvalue weighted by Gasteiger charge is 2.47. The number of methoxy groups -OCH3 is 2. The molecule has 12 nitrogen and oxygen atoms in total. The van der Waals surface area contributed by atoms with Crippen LogP contribution in [0.15, 0.2) is 78.9 Å². The lowest BCUT2D eigenvalue weighted by Gasteiger charge is -2.39. The Bertz CT molecular complexity index is 1630. The molecule has 0 saturated carbocycles. The smallest absolute Gasteiger partial charge is 0.326 e. The summed E-state index contributed by atoms with van der Waals surface area (Å²) in [6, 6.07) is 27.4. The van der Waals surface area contributed by atoms with Crippen molar-refractivity contribution in [3.05, 3.63) is 95.6 Å². The lowest BCUT2D eigenvalue weighted by molar-refractivity contribution is -0.130. The Balaban J connectivity index is 1.57. The van der Waals surface area contributed by atoms with E-state index in [1.54, 1.807) is 26.0 Å². The SMILES string of the molecule is COc1ccc(C(OC[C@@H]2O[C@H](N3CC(C)C(=O)NC3=O)C[C@H]2OP(OCCC#N)N(C(C)C)C(C)C)(c2ccccc2)c2ccc(OC)cc2)cc1. The minimum Gasteiger partial charge on any atom is -0.497 e. The number of nitrogens with one attached hydrogen (secondary N) is 1. The van der Waals surface area contributed by atoms with Crippen LogP contribution in [-0.4, -0.2) is 86.0 Å². The van der Waals surface area contributed by atoms with E-state index in [4.69, 9.17) is 28.0 Å². The molecule has 3 aromatic carbocycles. The minimum absolute atomic E-state index is 0.0583. The number of urea groups is 1. The molecule has 3 aromatic rings. The van der Waals surface area contributed by atoms with Gasteiger partial charge in [-0.25, -0.2) is 9.46 Å². The first-order chi connectivity index (χ1) is 25.5. The van der Waals surface area contributed by atoms with Gasteiger partial charge in [0.2, 0.25) is 5.91 Å². The van der Waals surface area contributed by atoms with Gasteiger partial charge in [-0.05, 0) is 68.7 Å². The second-order valence-electron chi connectivity index (χ2n) is 13.7. The van der Waals surface area contributed by atoms with Crippen LogP contribution in [-0.2, 0) is 28.9 Å². The van der Waals surface area contributed by atoms with Crippen molar-refractivity contribution in [2.45, 2.75) is 83.6 Å². The molecule has 0 aliphatic carbocycles. The first-order valence-electron chi connectivity index (χ1n) is 18.0. The van der Waals surface area contributed by atoms with Crippen molar-refractivity contribution in [3.63, 3.8) is 0 Å². The van der Waals surface area contributed by atoms with Gasteiger partial charge in [-0.2, -0.15) is 5.26 Å². The molecule has 3 amide bonds. The number of carbonyl (C=O) groups is 2. The summed E-state index contributed by atoms with van der Waals surface area (Å²) in [7, 11) is 1.61. The van der Waals surface area contributed by atoms with Gasteiger partial charge in [-0.15, -0.1) is 0 Å². The maximum absolute atomic E-state index is 13.2. The monoisotopic (exact) mass is 746 g/mol. The molecule has 0 bridgehead atoms. The Kier molecular flexibility index (Phi) is 13.9. The molecule has 2 aliphatic rings. The van der Waals surface area contributed by atoms with Crippen LogP contribution in [0.5, 0.6) is 11.5 Å². The lowest BCUT2D eigenvalue weighted by Crippen LogP contribution is -2.57. The Morgan fingerprint density at radius 1 is 0.925 bits per heavy atom. The summed E-state index contributed by atoms with van der Waals surface area (Å²) in [5.74, 6) is 0.684. The van der Waals surface area contributed by atoms with Crippen LogP contribution < -0.4 is 14.8 Å². The van der Waals surface area contributed by atoms with Gasteiger partial charge in [0.1, 0.15) is 29.4 Å². The average Bonchev–Trinajstić information content (AvgIpc) is 3.56. The number of nitrogens with zero attached hydrogens (tertiary/aromatic N) is 3. The van der Waals surface area contributed by atoms with Crippen LogP contribution in [0.1, 0.15) is 64.2 Å². The molecule has 1 N–H and O–H groups in total. The zero-order valence-electron chi connectivity index (χ0n) is 31.6. The van der Waals surface area contributed by atoms with Crippen LogP contribution >= 0.6 is 8.53 Å². The third-order valence-electron chi connectivity index (χ3n) is 9.46. The summed E-state index contributed by atoms with van der Waals surface area (Å²) in [5, 5.41) is 11.8. The number of hydrogen-bond donors (Lipinski definition) is 1. The fourth-order valence-corrected chi connectivity index (χ4v) is 8.61. The summed E-state index contributed by atoms with van der Waals surface area (Å²) in [5.41, 5.74) is 1.48. The number of ether oxygens (including phenoxy) is 4. The first-order valence-corrected chi connectivity index (χ1v) is 19.2. The maximum atomic E-state index is 13.2. The first kappa shape index (κ1) is 40.1. The van der Waals surface area contributed by atoms with E-state index in [9.17, 15) is 14.9 Å². The number of carbonyl (C=O) groups excluding carboxylic acids is 2. The van der Waals surface area contributed by atoms with Crippen LogP contribution in [0.4, 0.5) is 4.79 Å². The van der Waals surface area contributed by atoms with Gasteiger partial charge in [0.25, 0.3) is 8.53 Å². The molecule has 2 aliphatic heterocycles. The molecule has 284 valence electrons. The number of rotatable bonds is 17. The van der Waals surface area contributed by atoms with Gasteiger partial charge >= 0.3 is 6.03 Å². The molecule has 2 heterocycles. The standard InChI is InChI=1S/C40H51N4O8P/c1-27(2)44(28(3)4)53(50-23-11-22-41)52-35-24-37(43-25-29(5)38(45)42-39(43)46)51-36(35)26-49-40(30-12-9-8-10-13-30,31-14-18-33(47-6)19-15-31)32-16-20-34(48-7)21-17-32/h8-10,12-21,27-29,35-37H,11,23-26H2,1-7H3,(H,42,45,46)/t29?,35-,36+,37+,53?/m1/s1. The van der Waals surface area contributed by atoms with Crippen molar-refractivity contribution < 1.29 is 37.6 Å². The van der Waals surface area contributed by atoms with Crippen LogP contribution in [0.3, 0.4) is 0 Å². The number of imide groups is 1. The van der Waals surface area contributed by atoms with Gasteiger partial charge in [-0.1, -0.05) is 61.5 Å². The van der Waals surface area contributed by atoms with E-state index in [0.29, 0.717) is 17.9 Å². The quantitative estimate of drug-likeness (QED) is 0.0877. The maximum Gasteiger partial charge on any atom is 0.326 e. The van der Waals surface area contributed by atoms with Crippen LogP contribution in [0, 0.1) is 17.2 Å². The number of amides is 3. The molecule has 0 radical (unpaired) electrons. The van der Waals surface area contributed by atoms with Crippen molar-refractivity contribution in [3.8, 4) is 17.6 Å². The van der Waals surface area contributed by atoms with Gasteiger partial charge in [-0.3, -0.25) is 15.0 Å². The topological polar surface area (TPSA) is 132 Å². The van der Waals surface area contributed by atoms with E-state index >= 15 is 0 Å². The molecule has 0 aromatic heterocycles. The van der Waals surface area contributed by atoms with E-state index < -0.39 is 44.5 Å². The van der Waals surface area contributed by atoms with E-state index in [-0.39, 0.29) is 44.2 Å². The zero-order valence-corrected chi connectivity index (χ0v) is 32.5. The largest absolute Gasteiger partial charge is 0.497 e. The van der Waals surface area contributed by atoms with Gasteiger partial charge in [0.15, 0.2) is 0 Å². The second-order valence-corrected chi connectivity index (χ2v) is 15.1. The molecular formula is C40H51N4O8P. The van der Waals surface area contributed by atoms with E-state index in [2.05, 4.69) is 43.8 Å². The Morgan fingerprint density at radius 2 is 1.49 bits per heavy atom. The molecule has 5 atom stereocenters. The summed E-state index contributed by atoms with van der Waals surface area (Å²) in [4.78, 5) is 27.1. The fraction of sp³-hybridized carbons (Fsp3) is 0.475. The molecule has 2 unspecified atom stereocenters. The predicted molar refractivity (Wildman–Crippen MR) is 201 cm³/mol. The highest BCUT2D eigenvalue weighted by atomic mass is 31.2. The summed E-state index contributed by atoms with van der Waals surface area (Å²) >= 11 is 0. The summed E-state index contributed by atoms with van der Waals surface area (Å²) in [6.07, 6.45) is -1.40. The van der Waals surface area contributed by atoms with E-state index in [1.165, 1.54) is 0 Å². The molecule has 53 heavy (non-hydrogen) atoms. The van der Waals surface area contributed by atoms with Crippen molar-refractivity contribution >= 4 is 20.5 Å². The third kappa shape index (κ3) is 9.18. The van der Waals surface area contributed by atoms with Gasteiger partial charge in [0, 0.05) is 25.0 Å². The lowest BCUT2D eigenvalue weighted by atomic mass is 9.80. The number of hydrogen-bond acceptors (Lipinski definition) is 10. The van der Waals surface area contributed by atoms with Crippen LogP contribution in [0.25, 0.3) is 0 Å². The van der Waals surface area contributed by atoms with Crippen molar-refractivity contribution in [1.82, 2.24) is 14.9 Å². The molecule has 0 spiro atoms. The van der Waals surface area contributed by atoms with Gasteiger partial charge < -0.3 is 28.0 Å². The summed E-state index contributed by atoms with van der Waals surface area (Å²) in [6.45, 7) is 10.6. The average molecular weight is 747 g/mol. The van der Waals surface area contributed by atoms with Crippen LogP contribution in [0.2, 0.25) is 0 Å². The molecule has 5 rings (SSSR count). The zero-order chi connectivity index (χ0) is 38.1. The molecule has 2 fully saturated rings. The highest BCUT2D eigenvalue weighted by molar-refractivity contribution is 7.44. The summed E-state index contributed by atoms with van der Waals surface area (Å²) < 4.78 is 40.3. The van der Waals surface area contributed by atoms with Gasteiger partial charge in [0.05, 0.1) is 51.9 Å². The van der Waals surface area contributed by atoms with Crippen molar-refractivity contribution in [2.75, 3.05) is 34.0 Å². The second kappa shape index (κ2) is 18.3. The Hall–Kier alpha value is -4.08. The minimum atomic E-state index is -1.65.